The van der Waals surface area contributed by atoms with Crippen LogP contribution in [0.2, 0.25) is 5.02 Å². The Morgan fingerprint density at radius 3 is 2.81 bits per heavy atom. The van der Waals surface area contributed by atoms with Crippen LogP contribution < -0.4 is 0 Å². The van der Waals surface area contributed by atoms with Crippen LogP contribution in [0.15, 0.2) is 36.8 Å². The fraction of sp³-hybridized carbons (Fsp3) is 0.471. The molecule has 1 atom stereocenters. The molecule has 1 aromatic carbocycles. The summed E-state index contributed by atoms with van der Waals surface area (Å²) in [7, 11) is 0. The normalized spacial score (nSPS) is 19.2. The van der Waals surface area contributed by atoms with Gasteiger partial charge in [-0.25, -0.2) is 4.98 Å². The molecule has 0 amide bonds. The fourth-order valence-electron chi connectivity index (χ4n) is 3.07. The molecule has 2 aromatic rings. The van der Waals surface area contributed by atoms with Crippen LogP contribution in [0.1, 0.15) is 24.6 Å². The molecule has 1 aliphatic heterocycles. The van der Waals surface area contributed by atoms with Crippen LogP contribution >= 0.6 is 11.6 Å². The molecule has 0 spiro atoms. The third kappa shape index (κ3) is 3.86. The number of benzene rings is 1. The van der Waals surface area contributed by atoms with Crippen molar-refractivity contribution in [2.24, 2.45) is 5.92 Å². The molecule has 4 heteroatoms. The second-order valence-electron chi connectivity index (χ2n) is 5.92. The van der Waals surface area contributed by atoms with Crippen molar-refractivity contribution in [1.82, 2.24) is 14.5 Å². The van der Waals surface area contributed by atoms with Gasteiger partial charge in [0.15, 0.2) is 0 Å². The Labute approximate surface area is 131 Å². The van der Waals surface area contributed by atoms with Gasteiger partial charge in [-0.2, -0.15) is 0 Å². The van der Waals surface area contributed by atoms with Crippen LogP contribution in [0, 0.1) is 5.92 Å². The van der Waals surface area contributed by atoms with Gasteiger partial charge in [0.2, 0.25) is 0 Å². The predicted molar refractivity (Wildman–Crippen MR) is 86.4 cm³/mol. The molecule has 0 bridgehead atoms. The maximum Gasteiger partial charge on any atom is 0.0949 e. The van der Waals surface area contributed by atoms with E-state index in [9.17, 15) is 0 Å². The van der Waals surface area contributed by atoms with Crippen LogP contribution in [0.4, 0.5) is 0 Å². The van der Waals surface area contributed by atoms with E-state index in [1.54, 1.807) is 0 Å². The smallest absolute Gasteiger partial charge is 0.0949 e. The van der Waals surface area contributed by atoms with Gasteiger partial charge >= 0.3 is 0 Å². The second-order valence-corrected chi connectivity index (χ2v) is 6.35. The Morgan fingerprint density at radius 2 is 2.10 bits per heavy atom. The van der Waals surface area contributed by atoms with Gasteiger partial charge < -0.3 is 4.57 Å². The summed E-state index contributed by atoms with van der Waals surface area (Å²) in [5.41, 5.74) is 2.57. The number of aryl methyl sites for hydroxylation is 1. The Balaban J connectivity index is 1.52. The number of likely N-dealkylation sites (tertiary alicyclic amines) is 1. The minimum absolute atomic E-state index is 0.749. The van der Waals surface area contributed by atoms with Crippen molar-refractivity contribution in [3.63, 3.8) is 0 Å². The summed E-state index contributed by atoms with van der Waals surface area (Å²) < 4.78 is 2.14. The zero-order valence-corrected chi connectivity index (χ0v) is 13.3. The summed E-state index contributed by atoms with van der Waals surface area (Å²) >= 11 is 5.94. The zero-order chi connectivity index (χ0) is 14.7. The number of halogens is 1. The third-order valence-corrected chi connectivity index (χ3v) is 4.50. The zero-order valence-electron chi connectivity index (χ0n) is 12.5. The number of nitrogens with zero attached hydrogens (tertiary/aromatic N) is 3. The number of aromatic nitrogens is 2. The highest BCUT2D eigenvalue weighted by atomic mass is 35.5. The Kier molecular flexibility index (Phi) is 4.61. The molecular weight excluding hydrogens is 282 g/mol. The van der Waals surface area contributed by atoms with Crippen molar-refractivity contribution < 1.29 is 0 Å². The van der Waals surface area contributed by atoms with Crippen LogP contribution in [-0.4, -0.2) is 27.5 Å². The van der Waals surface area contributed by atoms with Gasteiger partial charge in [-0.15, -0.1) is 0 Å². The molecule has 21 heavy (non-hydrogen) atoms. The van der Waals surface area contributed by atoms with E-state index in [-0.39, 0.29) is 0 Å². The fourth-order valence-corrected chi connectivity index (χ4v) is 3.19. The molecule has 0 aliphatic carbocycles. The van der Waals surface area contributed by atoms with Crippen molar-refractivity contribution in [2.75, 3.05) is 13.1 Å². The average Bonchev–Trinajstić information content (AvgIpc) is 3.11. The van der Waals surface area contributed by atoms with Gasteiger partial charge in [0.1, 0.15) is 0 Å². The molecule has 2 heterocycles. The molecule has 1 aliphatic rings. The third-order valence-electron chi connectivity index (χ3n) is 4.25. The maximum atomic E-state index is 5.94. The van der Waals surface area contributed by atoms with Crippen molar-refractivity contribution >= 4 is 11.6 Å². The lowest BCUT2D eigenvalue weighted by Gasteiger charge is -2.14. The van der Waals surface area contributed by atoms with Gasteiger partial charge in [0.05, 0.1) is 12.0 Å². The minimum Gasteiger partial charge on any atom is -0.337 e. The first-order chi connectivity index (χ1) is 10.2. The van der Waals surface area contributed by atoms with Crippen LogP contribution in [0.3, 0.4) is 0 Å². The molecule has 0 radical (unpaired) electrons. The topological polar surface area (TPSA) is 21.1 Å². The van der Waals surface area contributed by atoms with Gasteiger partial charge in [0.25, 0.3) is 0 Å². The van der Waals surface area contributed by atoms with Crippen LogP contribution in [0.5, 0.6) is 0 Å². The van der Waals surface area contributed by atoms with Gasteiger partial charge in [-0.1, -0.05) is 23.7 Å². The Hall–Kier alpha value is -1.32. The summed E-state index contributed by atoms with van der Waals surface area (Å²) in [6, 6.07) is 8.27. The SMILES string of the molecule is CCn1cnc(CN2CCC(Cc3ccc(Cl)cc3)C2)c1. The van der Waals surface area contributed by atoms with E-state index in [4.69, 9.17) is 11.6 Å². The monoisotopic (exact) mass is 303 g/mol. The molecule has 0 N–H and O–H groups in total. The van der Waals surface area contributed by atoms with Crippen molar-refractivity contribution in [1.29, 1.82) is 0 Å². The Bertz CT molecular complexity index is 576. The number of hydrogen-bond acceptors (Lipinski definition) is 2. The van der Waals surface area contributed by atoms with E-state index in [2.05, 4.69) is 39.7 Å². The highest BCUT2D eigenvalue weighted by Crippen LogP contribution is 2.23. The van der Waals surface area contributed by atoms with E-state index < -0.39 is 0 Å². The van der Waals surface area contributed by atoms with Crippen molar-refractivity contribution in [3.05, 3.63) is 53.1 Å². The lowest BCUT2D eigenvalue weighted by atomic mass is 9.99. The molecule has 112 valence electrons. The molecular formula is C17H22ClN3. The predicted octanol–water partition coefficient (Wildman–Crippen LogP) is 3.62. The minimum atomic E-state index is 0.749. The van der Waals surface area contributed by atoms with Crippen molar-refractivity contribution in [2.45, 2.75) is 32.9 Å². The number of imidazole rings is 1. The first-order valence-electron chi connectivity index (χ1n) is 7.70. The van der Waals surface area contributed by atoms with Gasteiger partial charge in [-0.05, 0) is 49.9 Å². The largest absolute Gasteiger partial charge is 0.337 e. The van der Waals surface area contributed by atoms with E-state index in [0.717, 1.165) is 30.5 Å². The number of rotatable bonds is 5. The van der Waals surface area contributed by atoms with E-state index in [0.29, 0.717) is 0 Å². The van der Waals surface area contributed by atoms with E-state index >= 15 is 0 Å². The highest BCUT2D eigenvalue weighted by Gasteiger charge is 2.23. The molecule has 3 rings (SSSR count). The summed E-state index contributed by atoms with van der Waals surface area (Å²) in [6.45, 7) is 6.46. The van der Waals surface area contributed by atoms with E-state index in [1.807, 2.05) is 18.5 Å². The van der Waals surface area contributed by atoms with Crippen LogP contribution in [-0.2, 0) is 19.5 Å². The molecule has 1 unspecified atom stereocenters. The quantitative estimate of drug-likeness (QED) is 0.841. The standard InChI is InChI=1S/C17H22ClN3/c1-2-20-11-17(19-13-20)12-21-8-7-15(10-21)9-14-3-5-16(18)6-4-14/h3-6,11,13,15H,2,7-10,12H2,1H3. The molecule has 3 nitrogen and oxygen atoms in total. The Morgan fingerprint density at radius 1 is 1.29 bits per heavy atom. The van der Waals surface area contributed by atoms with E-state index in [1.165, 1.54) is 30.8 Å². The summed E-state index contributed by atoms with van der Waals surface area (Å²) in [6.07, 6.45) is 6.51. The van der Waals surface area contributed by atoms with Gasteiger partial charge in [0, 0.05) is 30.9 Å². The lowest BCUT2D eigenvalue weighted by Crippen LogP contribution is -2.20. The van der Waals surface area contributed by atoms with Crippen molar-refractivity contribution in [3.8, 4) is 0 Å². The highest BCUT2D eigenvalue weighted by molar-refractivity contribution is 6.30. The molecule has 0 saturated carbocycles. The second kappa shape index (κ2) is 6.63. The molecule has 1 saturated heterocycles. The first-order valence-corrected chi connectivity index (χ1v) is 8.08. The average molecular weight is 304 g/mol. The summed E-state index contributed by atoms with van der Waals surface area (Å²) in [4.78, 5) is 6.99. The summed E-state index contributed by atoms with van der Waals surface area (Å²) in [5, 5.41) is 0.818. The van der Waals surface area contributed by atoms with Crippen LogP contribution in [0.25, 0.3) is 0 Å². The first kappa shape index (κ1) is 14.6. The maximum absolute atomic E-state index is 5.94. The molecule has 1 aromatic heterocycles. The summed E-state index contributed by atoms with van der Waals surface area (Å²) in [5.74, 6) is 0.749. The molecule has 1 fully saturated rings. The van der Waals surface area contributed by atoms with Gasteiger partial charge in [-0.3, -0.25) is 4.90 Å². The lowest BCUT2D eigenvalue weighted by molar-refractivity contribution is 0.313. The number of hydrogen-bond donors (Lipinski definition) is 0.